The number of nitrogens with one attached hydrogen (secondary N) is 1. The van der Waals surface area contributed by atoms with Gasteiger partial charge in [-0.3, -0.25) is 14.9 Å². The lowest BCUT2D eigenvalue weighted by Crippen LogP contribution is -2.54. The van der Waals surface area contributed by atoms with Crippen LogP contribution in [0.2, 0.25) is 5.02 Å². The molecule has 3 rings (SSSR count). The summed E-state index contributed by atoms with van der Waals surface area (Å²) in [6.45, 7) is 3.88. The molecule has 0 aliphatic carbocycles. The molecule has 0 radical (unpaired) electrons. The van der Waals surface area contributed by atoms with E-state index in [2.05, 4.69) is 27.8 Å². The van der Waals surface area contributed by atoms with Crippen LogP contribution >= 0.6 is 27.5 Å². The van der Waals surface area contributed by atoms with Crippen LogP contribution in [0.5, 0.6) is 11.5 Å². The number of nitrogens with zero attached hydrogens (tertiary/aromatic N) is 1. The first kappa shape index (κ1) is 21.6. The fraction of sp³-hybridized carbons (Fsp3) is 0.0952. The van der Waals surface area contributed by atoms with Gasteiger partial charge in [-0.25, -0.2) is 9.69 Å². The largest absolute Gasteiger partial charge is 0.493 e. The maximum atomic E-state index is 12.9. The number of benzene rings is 2. The van der Waals surface area contributed by atoms with Crippen molar-refractivity contribution in [2.24, 2.45) is 0 Å². The van der Waals surface area contributed by atoms with Crippen LogP contribution < -0.4 is 19.7 Å². The predicted molar refractivity (Wildman–Crippen MR) is 117 cm³/mol. The van der Waals surface area contributed by atoms with Gasteiger partial charge in [0.15, 0.2) is 11.5 Å². The topological polar surface area (TPSA) is 84.9 Å². The third-order valence-electron chi connectivity index (χ3n) is 4.09. The molecule has 2 aromatic rings. The fourth-order valence-corrected chi connectivity index (χ4v) is 3.45. The van der Waals surface area contributed by atoms with Gasteiger partial charge < -0.3 is 9.47 Å². The summed E-state index contributed by atoms with van der Waals surface area (Å²) in [4.78, 5) is 38.4. The molecule has 0 unspecified atom stereocenters. The molecular formula is C21H16BrClN2O5. The Bertz CT molecular complexity index is 1070. The van der Waals surface area contributed by atoms with Crippen LogP contribution in [0.15, 0.2) is 59.1 Å². The molecule has 1 fully saturated rings. The van der Waals surface area contributed by atoms with Crippen LogP contribution in [0.25, 0.3) is 6.08 Å². The lowest BCUT2D eigenvalue weighted by Gasteiger charge is -2.26. The molecule has 2 aromatic carbocycles. The number of carbonyl (C=O) groups excluding carboxylic acids is 3. The smallest absolute Gasteiger partial charge is 0.335 e. The first-order chi connectivity index (χ1) is 14.3. The second-order valence-corrected chi connectivity index (χ2v) is 7.36. The van der Waals surface area contributed by atoms with Crippen LogP contribution in [0.1, 0.15) is 5.56 Å². The van der Waals surface area contributed by atoms with Crippen LogP contribution in [0, 0.1) is 0 Å². The zero-order valence-electron chi connectivity index (χ0n) is 15.8. The van der Waals surface area contributed by atoms with Crippen LogP contribution in [0.4, 0.5) is 10.5 Å². The second kappa shape index (κ2) is 9.15. The van der Waals surface area contributed by atoms with E-state index in [9.17, 15) is 14.4 Å². The maximum absolute atomic E-state index is 12.9. The lowest BCUT2D eigenvalue weighted by atomic mass is 10.1. The van der Waals surface area contributed by atoms with E-state index in [-0.39, 0.29) is 17.9 Å². The number of amides is 4. The zero-order chi connectivity index (χ0) is 21.8. The third kappa shape index (κ3) is 4.39. The van der Waals surface area contributed by atoms with Gasteiger partial charge in [0.05, 0.1) is 17.3 Å². The molecule has 0 saturated carbocycles. The summed E-state index contributed by atoms with van der Waals surface area (Å²) >= 11 is 9.27. The molecule has 0 spiro atoms. The van der Waals surface area contributed by atoms with Crippen molar-refractivity contribution in [1.29, 1.82) is 0 Å². The predicted octanol–water partition coefficient (Wildman–Crippen LogP) is 4.34. The summed E-state index contributed by atoms with van der Waals surface area (Å²) in [5, 5.41) is 2.62. The van der Waals surface area contributed by atoms with Crippen molar-refractivity contribution in [2.75, 3.05) is 18.6 Å². The molecule has 7 nitrogen and oxygen atoms in total. The molecule has 0 atom stereocenters. The molecule has 0 aromatic heterocycles. The van der Waals surface area contributed by atoms with Crippen LogP contribution in [-0.4, -0.2) is 31.6 Å². The molecule has 4 amide bonds. The highest BCUT2D eigenvalue weighted by atomic mass is 79.9. The minimum Gasteiger partial charge on any atom is -0.493 e. The highest BCUT2D eigenvalue weighted by molar-refractivity contribution is 9.10. The number of hydrogen-bond donors (Lipinski definition) is 1. The van der Waals surface area contributed by atoms with E-state index < -0.39 is 17.8 Å². The molecule has 1 aliphatic heterocycles. The number of urea groups is 1. The number of imide groups is 2. The quantitative estimate of drug-likeness (QED) is 0.369. The monoisotopic (exact) mass is 490 g/mol. The normalized spacial score (nSPS) is 15.2. The Morgan fingerprint density at radius 2 is 1.90 bits per heavy atom. The summed E-state index contributed by atoms with van der Waals surface area (Å²) in [6, 6.07) is 8.55. The minimum absolute atomic E-state index is 0.210. The first-order valence-electron chi connectivity index (χ1n) is 8.64. The average molecular weight is 492 g/mol. The van der Waals surface area contributed by atoms with Gasteiger partial charge in [0.1, 0.15) is 12.2 Å². The van der Waals surface area contributed by atoms with Crippen molar-refractivity contribution < 1.29 is 23.9 Å². The van der Waals surface area contributed by atoms with Gasteiger partial charge in [-0.05, 0) is 64.0 Å². The Kier molecular flexibility index (Phi) is 6.59. The number of carbonyl (C=O) groups is 3. The number of hydrogen-bond acceptors (Lipinski definition) is 5. The molecule has 0 bridgehead atoms. The Labute approximate surface area is 186 Å². The van der Waals surface area contributed by atoms with Crippen molar-refractivity contribution in [3.63, 3.8) is 0 Å². The summed E-state index contributed by atoms with van der Waals surface area (Å²) in [6.07, 6.45) is 2.97. The van der Waals surface area contributed by atoms with Crippen LogP contribution in [0.3, 0.4) is 0 Å². The maximum Gasteiger partial charge on any atom is 0.335 e. The Morgan fingerprint density at radius 1 is 1.20 bits per heavy atom. The van der Waals surface area contributed by atoms with Gasteiger partial charge in [-0.1, -0.05) is 24.3 Å². The number of barbiturate groups is 1. The fourth-order valence-electron chi connectivity index (χ4n) is 2.75. The molecule has 30 heavy (non-hydrogen) atoms. The third-order valence-corrected chi connectivity index (χ3v) is 4.94. The van der Waals surface area contributed by atoms with Gasteiger partial charge in [0, 0.05) is 5.02 Å². The molecule has 1 heterocycles. The second-order valence-electron chi connectivity index (χ2n) is 6.07. The van der Waals surface area contributed by atoms with Gasteiger partial charge >= 0.3 is 6.03 Å². The lowest BCUT2D eigenvalue weighted by molar-refractivity contribution is -0.122. The average Bonchev–Trinajstić information content (AvgIpc) is 2.71. The molecule has 1 N–H and O–H groups in total. The highest BCUT2D eigenvalue weighted by Crippen LogP contribution is 2.37. The first-order valence-corrected chi connectivity index (χ1v) is 9.81. The van der Waals surface area contributed by atoms with E-state index in [0.29, 0.717) is 26.6 Å². The van der Waals surface area contributed by atoms with Crippen LogP contribution in [-0.2, 0) is 9.59 Å². The Balaban J connectivity index is 2.01. The number of methoxy groups -OCH3 is 1. The van der Waals surface area contributed by atoms with E-state index >= 15 is 0 Å². The molecule has 1 aliphatic rings. The van der Waals surface area contributed by atoms with Crippen molar-refractivity contribution in [1.82, 2.24) is 5.32 Å². The van der Waals surface area contributed by atoms with E-state index in [4.69, 9.17) is 21.1 Å². The van der Waals surface area contributed by atoms with Crippen molar-refractivity contribution >= 4 is 57.1 Å². The Morgan fingerprint density at radius 3 is 2.53 bits per heavy atom. The number of rotatable bonds is 6. The highest BCUT2D eigenvalue weighted by Gasteiger charge is 2.36. The molecule has 154 valence electrons. The van der Waals surface area contributed by atoms with Crippen molar-refractivity contribution in [3.8, 4) is 11.5 Å². The molecule has 9 heteroatoms. The van der Waals surface area contributed by atoms with Gasteiger partial charge in [-0.2, -0.15) is 0 Å². The van der Waals surface area contributed by atoms with E-state index in [1.54, 1.807) is 30.3 Å². The standard InChI is InChI=1S/C21H16BrClN2O5/c1-3-8-30-18-16(22)10-12(11-17(18)29-2)9-15-19(26)24-21(28)25(20(15)27)14-6-4-13(23)5-7-14/h3-7,9-11H,1,8H2,2H3,(H,24,26,28)/b15-9-. The zero-order valence-corrected chi connectivity index (χ0v) is 18.1. The number of anilines is 1. The number of halogens is 2. The summed E-state index contributed by atoms with van der Waals surface area (Å²) in [5.74, 6) is -0.699. The van der Waals surface area contributed by atoms with Crippen molar-refractivity contribution in [2.45, 2.75) is 0 Å². The van der Waals surface area contributed by atoms with Gasteiger partial charge in [-0.15, -0.1) is 0 Å². The summed E-state index contributed by atoms with van der Waals surface area (Å²) in [5.41, 5.74) is 0.569. The molecule has 1 saturated heterocycles. The van der Waals surface area contributed by atoms with Gasteiger partial charge in [0.25, 0.3) is 11.8 Å². The Hall–Kier alpha value is -3.10. The van der Waals surface area contributed by atoms with Gasteiger partial charge in [0.2, 0.25) is 0 Å². The van der Waals surface area contributed by atoms with Crippen molar-refractivity contribution in [3.05, 3.63) is 69.7 Å². The molecular weight excluding hydrogens is 476 g/mol. The van der Waals surface area contributed by atoms with E-state index in [0.717, 1.165) is 4.90 Å². The van der Waals surface area contributed by atoms with E-state index in [1.165, 1.54) is 25.3 Å². The minimum atomic E-state index is -0.837. The summed E-state index contributed by atoms with van der Waals surface area (Å²) < 4.78 is 11.5. The summed E-state index contributed by atoms with van der Waals surface area (Å²) in [7, 11) is 1.47. The van der Waals surface area contributed by atoms with E-state index in [1.807, 2.05) is 0 Å². The SMILES string of the molecule is C=CCOc1c(Br)cc(/C=C2/C(=O)NC(=O)N(c3ccc(Cl)cc3)C2=O)cc1OC. The number of ether oxygens (including phenoxy) is 2.